The Morgan fingerprint density at radius 1 is 1.13 bits per heavy atom. The number of fused-ring (bicyclic) bond motifs is 1. The van der Waals surface area contributed by atoms with Crippen LogP contribution >= 0.6 is 0 Å². The number of carbonyl (C=O) groups excluding carboxylic acids is 3. The summed E-state index contributed by atoms with van der Waals surface area (Å²) in [5, 5.41) is 12.1. The lowest BCUT2D eigenvalue weighted by atomic mass is 9.89. The fraction of sp³-hybridized carbons (Fsp3) is 0.690. The summed E-state index contributed by atoms with van der Waals surface area (Å²) in [6.45, 7) is 11.2. The third-order valence-corrected chi connectivity index (χ3v) is 7.98. The van der Waals surface area contributed by atoms with E-state index in [2.05, 4.69) is 36.3 Å². The second-order valence-corrected chi connectivity index (χ2v) is 11.5. The zero-order chi connectivity index (χ0) is 28.1. The van der Waals surface area contributed by atoms with Gasteiger partial charge < -0.3 is 15.1 Å². The van der Waals surface area contributed by atoms with Crippen LogP contribution < -0.4 is 5.32 Å². The number of nitrogens with one attached hydrogen (secondary N) is 1. The predicted octanol–water partition coefficient (Wildman–Crippen LogP) is 3.12. The van der Waals surface area contributed by atoms with Crippen LogP contribution in [0.3, 0.4) is 0 Å². The molecule has 2 aromatic heterocycles. The zero-order valence-corrected chi connectivity index (χ0v) is 24.3. The molecule has 0 saturated carbocycles. The van der Waals surface area contributed by atoms with Gasteiger partial charge in [0.25, 0.3) is 11.8 Å². The summed E-state index contributed by atoms with van der Waals surface area (Å²) in [4.78, 5) is 44.2. The molecule has 39 heavy (non-hydrogen) atoms. The molecule has 0 saturated heterocycles. The molecule has 2 bridgehead atoms. The highest BCUT2D eigenvalue weighted by Gasteiger charge is 2.33. The topological polar surface area (TPSA) is 105 Å². The van der Waals surface area contributed by atoms with Gasteiger partial charge in [-0.3, -0.25) is 23.7 Å². The number of amides is 3. The van der Waals surface area contributed by atoms with E-state index in [-0.39, 0.29) is 23.8 Å². The van der Waals surface area contributed by atoms with Crippen LogP contribution in [-0.2, 0) is 31.2 Å². The summed E-state index contributed by atoms with van der Waals surface area (Å²) in [7, 11) is 1.89. The highest BCUT2D eigenvalue weighted by Crippen LogP contribution is 2.28. The molecule has 0 radical (unpaired) electrons. The van der Waals surface area contributed by atoms with Crippen LogP contribution in [0.15, 0.2) is 6.20 Å². The van der Waals surface area contributed by atoms with Gasteiger partial charge in [0.05, 0.1) is 11.3 Å². The van der Waals surface area contributed by atoms with E-state index in [4.69, 9.17) is 0 Å². The summed E-state index contributed by atoms with van der Waals surface area (Å²) in [5.41, 5.74) is 3.85. The molecule has 1 N–H and O–H groups in total. The quantitative estimate of drug-likeness (QED) is 0.607. The van der Waals surface area contributed by atoms with E-state index < -0.39 is 0 Å². The fourth-order valence-corrected chi connectivity index (χ4v) is 5.80. The number of rotatable bonds is 6. The second-order valence-electron chi connectivity index (χ2n) is 11.5. The summed E-state index contributed by atoms with van der Waals surface area (Å²) in [5.74, 6) is 0.366. The fourth-order valence-electron chi connectivity index (χ4n) is 5.80. The summed E-state index contributed by atoms with van der Waals surface area (Å²) >= 11 is 0. The lowest BCUT2D eigenvalue weighted by molar-refractivity contribution is -0.134. The molecule has 1 aliphatic heterocycles. The molecule has 1 atom stereocenters. The number of aryl methyl sites for hydroxylation is 3. The van der Waals surface area contributed by atoms with Crippen molar-refractivity contribution in [2.75, 3.05) is 26.2 Å². The highest BCUT2D eigenvalue weighted by molar-refractivity contribution is 5.95. The van der Waals surface area contributed by atoms with Gasteiger partial charge in [-0.25, -0.2) is 0 Å². The number of hydrogen-bond donors (Lipinski definition) is 1. The van der Waals surface area contributed by atoms with E-state index >= 15 is 0 Å². The minimum absolute atomic E-state index is 0.0504. The van der Waals surface area contributed by atoms with Crippen LogP contribution in [0.2, 0.25) is 0 Å². The van der Waals surface area contributed by atoms with Gasteiger partial charge in [0.1, 0.15) is 0 Å². The first-order valence-corrected chi connectivity index (χ1v) is 14.6. The molecule has 214 valence electrons. The van der Waals surface area contributed by atoms with Crippen molar-refractivity contribution in [1.29, 1.82) is 0 Å². The zero-order valence-electron chi connectivity index (χ0n) is 24.3. The summed E-state index contributed by atoms with van der Waals surface area (Å²) < 4.78 is 3.65. The smallest absolute Gasteiger partial charge is 0.272 e. The van der Waals surface area contributed by atoms with Crippen molar-refractivity contribution in [3.63, 3.8) is 0 Å². The second kappa shape index (κ2) is 12.8. The summed E-state index contributed by atoms with van der Waals surface area (Å²) in [6.07, 6.45) is 7.64. The number of aromatic nitrogens is 4. The Kier molecular flexibility index (Phi) is 9.45. The van der Waals surface area contributed by atoms with Gasteiger partial charge >= 0.3 is 0 Å². The maximum atomic E-state index is 13.6. The maximum Gasteiger partial charge on any atom is 0.272 e. The largest absolute Gasteiger partial charge is 0.351 e. The van der Waals surface area contributed by atoms with E-state index in [1.165, 1.54) is 0 Å². The number of nitrogens with zero attached hydrogens (tertiary/aromatic N) is 6. The maximum absolute atomic E-state index is 13.6. The molecule has 2 aliphatic rings. The molecule has 1 aliphatic carbocycles. The van der Waals surface area contributed by atoms with Crippen molar-refractivity contribution in [1.82, 2.24) is 34.7 Å². The molecule has 10 nitrogen and oxygen atoms in total. The van der Waals surface area contributed by atoms with Crippen molar-refractivity contribution in [3.8, 4) is 0 Å². The van der Waals surface area contributed by atoms with E-state index in [0.717, 1.165) is 43.5 Å². The lowest BCUT2D eigenvalue weighted by Crippen LogP contribution is -2.45. The molecule has 3 amide bonds. The first kappa shape index (κ1) is 28.8. The molecule has 2 aromatic rings. The minimum Gasteiger partial charge on any atom is -0.351 e. The SMILES string of the molecule is CCCn1cc(C(=O)N2CCCNC(=O)c3nn(C)c4c3CC(CC4)N(CCC(C)C)C(=O)CCC2)c(C)n1. The first-order chi connectivity index (χ1) is 18.7. The Morgan fingerprint density at radius 3 is 2.64 bits per heavy atom. The van der Waals surface area contributed by atoms with Gasteiger partial charge in [-0.1, -0.05) is 20.8 Å². The Bertz CT molecular complexity index is 1180. The average molecular weight is 540 g/mol. The molecule has 0 spiro atoms. The van der Waals surface area contributed by atoms with E-state index in [0.29, 0.717) is 74.7 Å². The van der Waals surface area contributed by atoms with Crippen LogP contribution in [-0.4, -0.2) is 79.3 Å². The van der Waals surface area contributed by atoms with Crippen molar-refractivity contribution < 1.29 is 14.4 Å². The Morgan fingerprint density at radius 2 is 1.90 bits per heavy atom. The lowest BCUT2D eigenvalue weighted by Gasteiger charge is -2.35. The van der Waals surface area contributed by atoms with Crippen LogP contribution in [0.25, 0.3) is 0 Å². The predicted molar refractivity (Wildman–Crippen MR) is 150 cm³/mol. The van der Waals surface area contributed by atoms with Crippen LogP contribution in [0.4, 0.5) is 0 Å². The highest BCUT2D eigenvalue weighted by atomic mass is 16.2. The Labute approximate surface area is 232 Å². The molecule has 0 fully saturated rings. The van der Waals surface area contributed by atoms with Gasteiger partial charge in [-0.15, -0.1) is 0 Å². The molecule has 3 heterocycles. The van der Waals surface area contributed by atoms with E-state index in [1.807, 2.05) is 39.3 Å². The van der Waals surface area contributed by atoms with Crippen LogP contribution in [0.5, 0.6) is 0 Å². The van der Waals surface area contributed by atoms with Gasteiger partial charge in [0, 0.05) is 69.7 Å². The van der Waals surface area contributed by atoms with Gasteiger partial charge in [0.2, 0.25) is 5.91 Å². The van der Waals surface area contributed by atoms with Gasteiger partial charge in [-0.05, 0) is 57.8 Å². The standard InChI is InChI=1S/C29H45N7O3/c1-6-14-35-19-24(21(4)31-35)29(39)34-15-7-9-26(37)36(17-12-20(2)3)22-10-11-25-23(18-22)27(32-33(25)5)28(38)30-13-8-16-34/h19-20,22H,6-18H2,1-5H3,(H,30,38). The van der Waals surface area contributed by atoms with E-state index in [1.54, 1.807) is 0 Å². The monoisotopic (exact) mass is 539 g/mol. The minimum atomic E-state index is -0.183. The number of hydrogen-bond acceptors (Lipinski definition) is 5. The van der Waals surface area contributed by atoms with Crippen molar-refractivity contribution in [2.24, 2.45) is 13.0 Å². The normalized spacial score (nSPS) is 19.2. The Hall–Kier alpha value is -3.17. The van der Waals surface area contributed by atoms with Crippen molar-refractivity contribution >= 4 is 17.7 Å². The molecular formula is C29H45N7O3. The van der Waals surface area contributed by atoms with Crippen molar-refractivity contribution in [3.05, 3.63) is 34.4 Å². The molecule has 4 rings (SSSR count). The first-order valence-electron chi connectivity index (χ1n) is 14.6. The molecular weight excluding hydrogens is 494 g/mol. The molecule has 1 unspecified atom stereocenters. The van der Waals surface area contributed by atoms with Crippen molar-refractivity contribution in [2.45, 2.75) is 91.6 Å². The third-order valence-electron chi connectivity index (χ3n) is 7.98. The van der Waals surface area contributed by atoms with E-state index in [9.17, 15) is 14.4 Å². The average Bonchev–Trinajstić information content (AvgIpc) is 3.43. The van der Waals surface area contributed by atoms with Crippen LogP contribution in [0, 0.1) is 12.8 Å². The summed E-state index contributed by atoms with van der Waals surface area (Å²) in [6, 6.07) is 0.0504. The Balaban J connectivity index is 1.58. The van der Waals surface area contributed by atoms with Gasteiger partial charge in [-0.2, -0.15) is 10.2 Å². The third kappa shape index (κ3) is 6.70. The molecule has 10 heteroatoms. The number of carbonyl (C=O) groups is 3. The molecule has 0 aromatic carbocycles. The van der Waals surface area contributed by atoms with Crippen LogP contribution in [0.1, 0.15) is 97.1 Å². The van der Waals surface area contributed by atoms with Gasteiger partial charge in [0.15, 0.2) is 5.69 Å².